The van der Waals surface area contributed by atoms with Gasteiger partial charge in [-0.05, 0) is 18.2 Å². The third-order valence-corrected chi connectivity index (χ3v) is 7.23. The highest BCUT2D eigenvalue weighted by atomic mass is 35.5. The van der Waals surface area contributed by atoms with Crippen molar-refractivity contribution in [1.29, 1.82) is 0 Å². The van der Waals surface area contributed by atoms with Gasteiger partial charge in [-0.15, -0.1) is 10.2 Å². The maximum atomic E-state index is 12.5. The van der Waals surface area contributed by atoms with Gasteiger partial charge in [0.15, 0.2) is 9.84 Å². The number of nitrogens with zero attached hydrogens (tertiary/aromatic N) is 3. The predicted molar refractivity (Wildman–Crippen MR) is 122 cm³/mol. The molecule has 3 rings (SSSR count). The Bertz CT molecular complexity index is 1120. The van der Waals surface area contributed by atoms with Gasteiger partial charge in [0, 0.05) is 32.6 Å². The molecule has 10 nitrogen and oxygen atoms in total. The standard InChI is InChI=1S/C19H22ClN5O5S2/c1-13(26)22-16-4-3-14(11-15(16)20)32(28,29)10-2-6-21-19-24-23-17(31-19)5-7-25-8-9-30-12-18(25)27/h2-4,6,11H,5,7-10,12H2,1H3,(H,21,24)(H,22,26). The quantitative estimate of drug-likeness (QED) is 0.535. The highest BCUT2D eigenvalue weighted by Gasteiger charge is 2.19. The maximum Gasteiger partial charge on any atom is 0.248 e. The van der Waals surface area contributed by atoms with Gasteiger partial charge in [-0.1, -0.05) is 29.0 Å². The molecule has 13 heteroatoms. The Labute approximate surface area is 194 Å². The predicted octanol–water partition coefficient (Wildman–Crippen LogP) is 1.95. The number of aromatic nitrogens is 2. The third kappa shape index (κ3) is 6.73. The van der Waals surface area contributed by atoms with Crippen molar-refractivity contribution in [3.8, 4) is 0 Å². The lowest BCUT2D eigenvalue weighted by molar-refractivity contribution is -0.142. The maximum absolute atomic E-state index is 12.5. The van der Waals surface area contributed by atoms with Crippen LogP contribution in [0.15, 0.2) is 35.4 Å². The molecule has 2 amide bonds. The number of sulfone groups is 1. The topological polar surface area (TPSA) is 131 Å². The van der Waals surface area contributed by atoms with E-state index in [1.807, 2.05) is 0 Å². The first-order valence-corrected chi connectivity index (χ1v) is 12.5. The van der Waals surface area contributed by atoms with E-state index < -0.39 is 9.84 Å². The van der Waals surface area contributed by atoms with Crippen molar-refractivity contribution < 1.29 is 22.7 Å². The van der Waals surface area contributed by atoms with Crippen molar-refractivity contribution in [2.45, 2.75) is 18.2 Å². The van der Waals surface area contributed by atoms with Crippen molar-refractivity contribution in [2.24, 2.45) is 0 Å². The van der Waals surface area contributed by atoms with Gasteiger partial charge in [0.2, 0.25) is 16.9 Å². The molecule has 0 spiro atoms. The monoisotopic (exact) mass is 499 g/mol. The summed E-state index contributed by atoms with van der Waals surface area (Å²) in [4.78, 5) is 24.6. The molecule has 0 aliphatic carbocycles. The number of ether oxygens (including phenoxy) is 1. The molecule has 2 heterocycles. The second kappa shape index (κ2) is 10.9. The lowest BCUT2D eigenvalue weighted by Gasteiger charge is -2.26. The second-order valence-electron chi connectivity index (χ2n) is 6.84. The summed E-state index contributed by atoms with van der Waals surface area (Å²) in [6, 6.07) is 4.15. The normalized spacial score (nSPS) is 14.7. The zero-order valence-electron chi connectivity index (χ0n) is 17.2. The molecule has 32 heavy (non-hydrogen) atoms. The van der Waals surface area contributed by atoms with Crippen molar-refractivity contribution in [3.63, 3.8) is 0 Å². The van der Waals surface area contributed by atoms with E-state index in [1.54, 1.807) is 4.90 Å². The molecule has 1 fully saturated rings. The Kier molecular flexibility index (Phi) is 8.18. The van der Waals surface area contributed by atoms with Crippen LogP contribution in [0.5, 0.6) is 0 Å². The van der Waals surface area contributed by atoms with Crippen LogP contribution in [-0.2, 0) is 30.6 Å². The first kappa shape index (κ1) is 24.1. The first-order valence-electron chi connectivity index (χ1n) is 9.64. The van der Waals surface area contributed by atoms with E-state index in [-0.39, 0.29) is 34.1 Å². The molecule has 0 saturated carbocycles. The van der Waals surface area contributed by atoms with Crippen molar-refractivity contribution in [2.75, 3.05) is 42.7 Å². The molecule has 1 aliphatic heterocycles. The molecule has 0 bridgehead atoms. The smallest absolute Gasteiger partial charge is 0.248 e. The fourth-order valence-electron chi connectivity index (χ4n) is 2.81. The SMILES string of the molecule is CC(=O)Nc1ccc(S(=O)(=O)CC=CNc2nnc(CCN3CCOCC3=O)s2)cc1Cl. The van der Waals surface area contributed by atoms with Crippen LogP contribution in [-0.4, -0.2) is 67.4 Å². The first-order chi connectivity index (χ1) is 15.2. The molecule has 1 saturated heterocycles. The molecule has 1 aliphatic rings. The van der Waals surface area contributed by atoms with Crippen LogP contribution >= 0.6 is 22.9 Å². The Morgan fingerprint density at radius 3 is 2.91 bits per heavy atom. The lowest BCUT2D eigenvalue weighted by atomic mass is 10.3. The van der Waals surface area contributed by atoms with E-state index in [4.69, 9.17) is 16.3 Å². The van der Waals surface area contributed by atoms with Crippen LogP contribution in [0.1, 0.15) is 11.9 Å². The van der Waals surface area contributed by atoms with E-state index in [1.165, 1.54) is 48.7 Å². The van der Waals surface area contributed by atoms with Crippen molar-refractivity contribution in [3.05, 3.63) is 40.5 Å². The average molecular weight is 500 g/mol. The molecule has 2 N–H and O–H groups in total. The molecule has 0 unspecified atom stereocenters. The van der Waals surface area contributed by atoms with Crippen LogP contribution < -0.4 is 10.6 Å². The number of nitrogens with one attached hydrogen (secondary N) is 2. The molecular weight excluding hydrogens is 478 g/mol. The number of hydrogen-bond acceptors (Lipinski definition) is 9. The molecule has 1 aromatic carbocycles. The highest BCUT2D eigenvalue weighted by Crippen LogP contribution is 2.26. The van der Waals surface area contributed by atoms with E-state index in [2.05, 4.69) is 20.8 Å². The number of benzene rings is 1. The Morgan fingerprint density at radius 2 is 2.19 bits per heavy atom. The number of hydrogen-bond donors (Lipinski definition) is 2. The summed E-state index contributed by atoms with van der Waals surface area (Å²) < 4.78 is 30.1. The largest absolute Gasteiger partial charge is 0.370 e. The summed E-state index contributed by atoms with van der Waals surface area (Å²) >= 11 is 7.39. The highest BCUT2D eigenvalue weighted by molar-refractivity contribution is 7.91. The van der Waals surface area contributed by atoms with Gasteiger partial charge in [-0.25, -0.2) is 8.42 Å². The number of halogens is 1. The Morgan fingerprint density at radius 1 is 1.38 bits per heavy atom. The zero-order chi connectivity index (χ0) is 23.1. The summed E-state index contributed by atoms with van der Waals surface area (Å²) in [6.45, 7) is 3.11. The number of morpholine rings is 1. The van der Waals surface area contributed by atoms with Gasteiger partial charge in [0.25, 0.3) is 0 Å². The fraction of sp³-hybridized carbons (Fsp3) is 0.368. The third-order valence-electron chi connectivity index (χ3n) is 4.40. The van der Waals surface area contributed by atoms with Crippen LogP contribution in [0, 0.1) is 0 Å². The summed E-state index contributed by atoms with van der Waals surface area (Å²) in [6.07, 6.45) is 3.53. The lowest BCUT2D eigenvalue weighted by Crippen LogP contribution is -2.42. The van der Waals surface area contributed by atoms with E-state index in [0.717, 1.165) is 5.01 Å². The van der Waals surface area contributed by atoms with Crippen molar-refractivity contribution in [1.82, 2.24) is 15.1 Å². The molecular formula is C19H22ClN5O5S2. The van der Waals surface area contributed by atoms with Gasteiger partial charge in [0.05, 0.1) is 28.0 Å². The van der Waals surface area contributed by atoms with Gasteiger partial charge >= 0.3 is 0 Å². The fourth-order valence-corrected chi connectivity index (χ4v) is 4.93. The van der Waals surface area contributed by atoms with Crippen molar-refractivity contribution >= 4 is 55.4 Å². The van der Waals surface area contributed by atoms with E-state index in [0.29, 0.717) is 36.9 Å². The van der Waals surface area contributed by atoms with Gasteiger partial charge in [0.1, 0.15) is 11.6 Å². The number of amides is 2. The zero-order valence-corrected chi connectivity index (χ0v) is 19.6. The summed E-state index contributed by atoms with van der Waals surface area (Å²) in [5.74, 6) is -0.583. The Balaban J connectivity index is 1.50. The Hall–Kier alpha value is -2.54. The van der Waals surface area contributed by atoms with Crippen LogP contribution in [0.4, 0.5) is 10.8 Å². The van der Waals surface area contributed by atoms with Gasteiger partial charge in [-0.3, -0.25) is 9.59 Å². The minimum atomic E-state index is -3.61. The summed E-state index contributed by atoms with van der Waals surface area (Å²) in [5, 5.41) is 14.9. The average Bonchev–Trinajstić information content (AvgIpc) is 3.19. The number of rotatable bonds is 9. The second-order valence-corrected chi connectivity index (χ2v) is 10.3. The number of carbonyl (C=O) groups excluding carboxylic acids is 2. The van der Waals surface area contributed by atoms with Crippen LogP contribution in [0.3, 0.4) is 0 Å². The molecule has 172 valence electrons. The molecule has 1 aromatic heterocycles. The summed E-state index contributed by atoms with van der Waals surface area (Å²) in [7, 11) is -3.61. The summed E-state index contributed by atoms with van der Waals surface area (Å²) in [5.41, 5.74) is 0.348. The van der Waals surface area contributed by atoms with E-state index in [9.17, 15) is 18.0 Å². The minimum Gasteiger partial charge on any atom is -0.370 e. The van der Waals surface area contributed by atoms with Crippen LogP contribution in [0.2, 0.25) is 5.02 Å². The molecule has 0 radical (unpaired) electrons. The van der Waals surface area contributed by atoms with Crippen LogP contribution in [0.25, 0.3) is 0 Å². The van der Waals surface area contributed by atoms with Gasteiger partial charge in [-0.2, -0.15) is 0 Å². The molecule has 0 atom stereocenters. The molecule has 2 aromatic rings. The minimum absolute atomic E-state index is 0.0331. The number of anilines is 2. The van der Waals surface area contributed by atoms with E-state index >= 15 is 0 Å². The van der Waals surface area contributed by atoms with Gasteiger partial charge < -0.3 is 20.3 Å². The number of carbonyl (C=O) groups is 2.